The SMILES string of the molecule is COCCCNC(=O)c1ccccc1NC(=O)CN(c1ccc(F)cc1)S(C)(=O)=O. The van der Waals surface area contributed by atoms with Crippen molar-refractivity contribution in [2.75, 3.05) is 42.7 Å². The molecule has 0 bridgehead atoms. The molecule has 10 heteroatoms. The number of carbonyl (C=O) groups is 2. The molecule has 2 rings (SSSR count). The standard InChI is InChI=1S/C20H24FN3O5S/c1-29-13-5-12-22-20(26)17-6-3-4-7-18(17)23-19(25)14-24(30(2,27)28)16-10-8-15(21)9-11-16/h3-4,6-11H,5,12-14H2,1-2H3,(H,22,26)(H,23,25). The van der Waals surface area contributed by atoms with E-state index in [1.165, 1.54) is 12.1 Å². The molecule has 0 aliphatic carbocycles. The second-order valence-corrected chi connectivity index (χ2v) is 8.35. The lowest BCUT2D eigenvalue weighted by Gasteiger charge is -2.22. The number of ether oxygens (including phenoxy) is 1. The Bertz CT molecular complexity index is 980. The van der Waals surface area contributed by atoms with Crippen molar-refractivity contribution in [2.24, 2.45) is 0 Å². The van der Waals surface area contributed by atoms with Gasteiger partial charge in [-0.2, -0.15) is 0 Å². The number of anilines is 2. The van der Waals surface area contributed by atoms with Crippen molar-refractivity contribution in [1.29, 1.82) is 0 Å². The number of nitrogens with one attached hydrogen (secondary N) is 2. The molecule has 0 heterocycles. The second-order valence-electron chi connectivity index (χ2n) is 6.44. The van der Waals surface area contributed by atoms with E-state index in [0.717, 1.165) is 22.7 Å². The van der Waals surface area contributed by atoms with E-state index in [4.69, 9.17) is 4.74 Å². The molecule has 2 aromatic carbocycles. The van der Waals surface area contributed by atoms with E-state index in [-0.39, 0.29) is 22.8 Å². The number of nitrogens with zero attached hydrogens (tertiary/aromatic N) is 1. The zero-order chi connectivity index (χ0) is 22.1. The minimum atomic E-state index is -3.80. The quantitative estimate of drug-likeness (QED) is 0.553. The van der Waals surface area contributed by atoms with Crippen LogP contribution >= 0.6 is 0 Å². The summed E-state index contributed by atoms with van der Waals surface area (Å²) in [5, 5.41) is 5.30. The van der Waals surface area contributed by atoms with E-state index < -0.39 is 28.3 Å². The molecule has 0 fully saturated rings. The average Bonchev–Trinajstić information content (AvgIpc) is 2.70. The first-order valence-electron chi connectivity index (χ1n) is 9.11. The van der Waals surface area contributed by atoms with Gasteiger partial charge in [-0.15, -0.1) is 0 Å². The highest BCUT2D eigenvalue weighted by Crippen LogP contribution is 2.19. The molecule has 0 aliphatic rings. The Morgan fingerprint density at radius 1 is 1.10 bits per heavy atom. The average molecular weight is 437 g/mol. The molecular weight excluding hydrogens is 413 g/mol. The number of methoxy groups -OCH3 is 1. The fourth-order valence-corrected chi connectivity index (χ4v) is 3.49. The maximum absolute atomic E-state index is 13.2. The molecule has 0 radical (unpaired) electrons. The summed E-state index contributed by atoms with van der Waals surface area (Å²) in [4.78, 5) is 24.9. The number of amides is 2. The van der Waals surface area contributed by atoms with Crippen molar-refractivity contribution in [3.63, 3.8) is 0 Å². The van der Waals surface area contributed by atoms with Crippen LogP contribution in [0.5, 0.6) is 0 Å². The summed E-state index contributed by atoms with van der Waals surface area (Å²) < 4.78 is 43.2. The Kier molecular flexibility index (Phi) is 8.31. The topological polar surface area (TPSA) is 105 Å². The first-order valence-corrected chi connectivity index (χ1v) is 11.0. The summed E-state index contributed by atoms with van der Waals surface area (Å²) in [6.07, 6.45) is 1.59. The maximum atomic E-state index is 13.2. The van der Waals surface area contributed by atoms with E-state index in [1.807, 2.05) is 0 Å². The van der Waals surface area contributed by atoms with E-state index >= 15 is 0 Å². The van der Waals surface area contributed by atoms with Gasteiger partial charge in [-0.25, -0.2) is 12.8 Å². The predicted octanol–water partition coefficient (Wildman–Crippen LogP) is 2.00. The molecule has 0 unspecified atom stereocenters. The lowest BCUT2D eigenvalue weighted by molar-refractivity contribution is -0.114. The summed E-state index contributed by atoms with van der Waals surface area (Å²) in [6.45, 7) is 0.374. The van der Waals surface area contributed by atoms with Gasteiger partial charge in [0, 0.05) is 20.3 Å². The van der Waals surface area contributed by atoms with Gasteiger partial charge in [-0.1, -0.05) is 12.1 Å². The third-order valence-electron chi connectivity index (χ3n) is 4.06. The van der Waals surface area contributed by atoms with E-state index in [9.17, 15) is 22.4 Å². The molecule has 2 amide bonds. The second kappa shape index (κ2) is 10.7. The minimum absolute atomic E-state index is 0.151. The Hall–Kier alpha value is -2.98. The number of benzene rings is 2. The first kappa shape index (κ1) is 23.3. The molecule has 0 atom stereocenters. The number of hydrogen-bond donors (Lipinski definition) is 2. The zero-order valence-electron chi connectivity index (χ0n) is 16.7. The van der Waals surface area contributed by atoms with Crippen LogP contribution in [0.3, 0.4) is 0 Å². The van der Waals surface area contributed by atoms with Gasteiger partial charge in [-0.05, 0) is 42.8 Å². The smallest absolute Gasteiger partial charge is 0.253 e. The number of rotatable bonds is 10. The van der Waals surface area contributed by atoms with Crippen LogP contribution in [0.4, 0.5) is 15.8 Å². The van der Waals surface area contributed by atoms with Crippen LogP contribution in [-0.2, 0) is 19.6 Å². The molecule has 0 saturated carbocycles. The van der Waals surface area contributed by atoms with Crippen LogP contribution in [0.1, 0.15) is 16.8 Å². The molecule has 0 aromatic heterocycles. The van der Waals surface area contributed by atoms with Gasteiger partial charge in [-0.3, -0.25) is 13.9 Å². The molecule has 30 heavy (non-hydrogen) atoms. The van der Waals surface area contributed by atoms with Crippen LogP contribution in [0, 0.1) is 5.82 Å². The van der Waals surface area contributed by atoms with Gasteiger partial charge in [0.1, 0.15) is 12.4 Å². The Morgan fingerprint density at radius 2 is 1.77 bits per heavy atom. The third-order valence-corrected chi connectivity index (χ3v) is 5.20. The lowest BCUT2D eigenvalue weighted by atomic mass is 10.1. The Morgan fingerprint density at radius 3 is 2.40 bits per heavy atom. The molecule has 0 aliphatic heterocycles. The summed E-state index contributed by atoms with van der Waals surface area (Å²) in [7, 11) is -2.24. The fourth-order valence-electron chi connectivity index (χ4n) is 2.63. The number of halogens is 1. The molecule has 0 spiro atoms. The van der Waals surface area contributed by atoms with Gasteiger partial charge in [0.15, 0.2) is 0 Å². The number of carbonyl (C=O) groups excluding carboxylic acids is 2. The number of hydrogen-bond acceptors (Lipinski definition) is 5. The monoisotopic (exact) mass is 437 g/mol. The van der Waals surface area contributed by atoms with Gasteiger partial charge >= 0.3 is 0 Å². The predicted molar refractivity (Wildman–Crippen MR) is 112 cm³/mol. The summed E-state index contributed by atoms with van der Waals surface area (Å²) in [5.41, 5.74) is 0.647. The zero-order valence-corrected chi connectivity index (χ0v) is 17.5. The molecule has 2 aromatic rings. The van der Waals surface area contributed by atoms with Crippen molar-refractivity contribution < 1.29 is 27.1 Å². The fraction of sp³-hybridized carbons (Fsp3) is 0.300. The van der Waals surface area contributed by atoms with Crippen molar-refractivity contribution in [3.05, 3.63) is 59.9 Å². The van der Waals surface area contributed by atoms with Gasteiger partial charge in [0.25, 0.3) is 5.91 Å². The van der Waals surface area contributed by atoms with Crippen LogP contribution < -0.4 is 14.9 Å². The minimum Gasteiger partial charge on any atom is -0.385 e. The van der Waals surface area contributed by atoms with E-state index in [2.05, 4.69) is 10.6 Å². The summed E-state index contributed by atoms with van der Waals surface area (Å²) >= 11 is 0. The van der Waals surface area contributed by atoms with Crippen molar-refractivity contribution in [1.82, 2.24) is 5.32 Å². The van der Waals surface area contributed by atoms with Crippen LogP contribution in [0.2, 0.25) is 0 Å². The van der Waals surface area contributed by atoms with Crippen molar-refractivity contribution >= 4 is 33.2 Å². The molecule has 2 N–H and O–H groups in total. The highest BCUT2D eigenvalue weighted by molar-refractivity contribution is 7.92. The summed E-state index contributed by atoms with van der Waals surface area (Å²) in [6, 6.07) is 11.1. The summed E-state index contributed by atoms with van der Waals surface area (Å²) in [5.74, 6) is -1.55. The molecule has 8 nitrogen and oxygen atoms in total. The van der Waals surface area contributed by atoms with Crippen LogP contribution in [-0.4, -0.2) is 53.3 Å². The Balaban J connectivity index is 2.13. The van der Waals surface area contributed by atoms with Crippen molar-refractivity contribution in [3.8, 4) is 0 Å². The highest BCUT2D eigenvalue weighted by Gasteiger charge is 2.22. The Labute approximate surface area is 175 Å². The van der Waals surface area contributed by atoms with Gasteiger partial charge in [0.05, 0.1) is 23.2 Å². The largest absolute Gasteiger partial charge is 0.385 e. The highest BCUT2D eigenvalue weighted by atomic mass is 32.2. The van der Waals surface area contributed by atoms with E-state index in [0.29, 0.717) is 19.6 Å². The van der Waals surface area contributed by atoms with Crippen LogP contribution in [0.15, 0.2) is 48.5 Å². The molecule has 0 saturated heterocycles. The first-order chi connectivity index (χ1) is 14.2. The lowest BCUT2D eigenvalue weighted by Crippen LogP contribution is -2.37. The maximum Gasteiger partial charge on any atom is 0.253 e. The van der Waals surface area contributed by atoms with Crippen LogP contribution in [0.25, 0.3) is 0 Å². The number of para-hydroxylation sites is 1. The third kappa shape index (κ3) is 6.82. The molecular formula is C20H24FN3O5S. The molecule has 162 valence electrons. The van der Waals surface area contributed by atoms with Gasteiger partial charge in [0.2, 0.25) is 15.9 Å². The van der Waals surface area contributed by atoms with Gasteiger partial charge < -0.3 is 15.4 Å². The van der Waals surface area contributed by atoms with Crippen molar-refractivity contribution in [2.45, 2.75) is 6.42 Å². The number of sulfonamides is 1. The van der Waals surface area contributed by atoms with E-state index in [1.54, 1.807) is 31.4 Å². The normalized spacial score (nSPS) is 11.0.